The molecule has 2 heterocycles. The van der Waals surface area contributed by atoms with Gasteiger partial charge >= 0.3 is 0 Å². The molecule has 4 rings (SSSR count). The van der Waals surface area contributed by atoms with E-state index in [0.717, 1.165) is 36.3 Å². The molecule has 22 heavy (non-hydrogen) atoms. The van der Waals surface area contributed by atoms with Crippen LogP contribution in [0.25, 0.3) is 0 Å². The minimum Gasteiger partial charge on any atom is -0.465 e. The molecule has 5 heteroatoms. The summed E-state index contributed by atoms with van der Waals surface area (Å²) in [6.45, 7) is 1.87. The Kier molecular flexibility index (Phi) is 3.10. The maximum atomic E-state index is 12.6. The average Bonchev–Trinajstić information content (AvgIpc) is 3.18. The molecule has 0 radical (unpaired) electrons. The summed E-state index contributed by atoms with van der Waals surface area (Å²) in [7, 11) is 1.96. The van der Waals surface area contributed by atoms with Crippen molar-refractivity contribution in [2.75, 3.05) is 0 Å². The second-order valence-electron chi connectivity index (χ2n) is 6.48. The highest BCUT2D eigenvalue weighted by molar-refractivity contribution is 5.95. The van der Waals surface area contributed by atoms with Crippen LogP contribution in [0.1, 0.15) is 70.8 Å². The van der Waals surface area contributed by atoms with Crippen molar-refractivity contribution < 1.29 is 9.21 Å². The predicted octanol–water partition coefficient (Wildman–Crippen LogP) is 3.01. The summed E-state index contributed by atoms with van der Waals surface area (Å²) in [5, 5.41) is 7.49. The first-order valence-corrected chi connectivity index (χ1v) is 8.05. The standard InChI is InChI=1S/C17H21N3O2/c1-10-12(8-16(22-10)11-6-7-11)17(21)19-14-4-3-5-15-13(14)9-18-20(15)2/h8-9,11,14H,3-7H2,1-2H3,(H,19,21). The van der Waals surface area contributed by atoms with E-state index in [1.165, 1.54) is 18.5 Å². The highest BCUT2D eigenvalue weighted by Gasteiger charge is 2.30. The Morgan fingerprint density at radius 2 is 2.23 bits per heavy atom. The SMILES string of the molecule is Cc1oc(C2CC2)cc1C(=O)NC1CCCc2c1cnn2C. The largest absolute Gasteiger partial charge is 0.465 e. The number of rotatable bonds is 3. The summed E-state index contributed by atoms with van der Waals surface area (Å²) in [5.74, 6) is 2.18. The topological polar surface area (TPSA) is 60.1 Å². The summed E-state index contributed by atoms with van der Waals surface area (Å²) < 4.78 is 7.66. The van der Waals surface area contributed by atoms with Gasteiger partial charge in [0, 0.05) is 24.2 Å². The Morgan fingerprint density at radius 1 is 1.41 bits per heavy atom. The van der Waals surface area contributed by atoms with Gasteiger partial charge in [0.15, 0.2) is 0 Å². The molecule has 1 saturated carbocycles. The molecule has 0 aliphatic heterocycles. The highest BCUT2D eigenvalue weighted by atomic mass is 16.3. The number of nitrogens with zero attached hydrogens (tertiary/aromatic N) is 2. The summed E-state index contributed by atoms with van der Waals surface area (Å²) >= 11 is 0. The fourth-order valence-corrected chi connectivity index (χ4v) is 3.39. The Morgan fingerprint density at radius 3 is 3.00 bits per heavy atom. The molecule has 1 N–H and O–H groups in total. The van der Waals surface area contributed by atoms with Crippen molar-refractivity contribution in [2.45, 2.75) is 51.0 Å². The molecule has 1 atom stereocenters. The van der Waals surface area contributed by atoms with Crippen LogP contribution < -0.4 is 5.32 Å². The Hall–Kier alpha value is -2.04. The van der Waals surface area contributed by atoms with Crippen LogP contribution in [-0.2, 0) is 13.5 Å². The molecule has 0 aromatic carbocycles. The van der Waals surface area contributed by atoms with E-state index in [1.807, 2.05) is 30.9 Å². The van der Waals surface area contributed by atoms with Gasteiger partial charge in [0.1, 0.15) is 11.5 Å². The van der Waals surface area contributed by atoms with Gasteiger partial charge in [0.05, 0.1) is 17.8 Å². The number of carbonyl (C=O) groups excluding carboxylic acids is 1. The van der Waals surface area contributed by atoms with Crippen molar-refractivity contribution in [1.29, 1.82) is 0 Å². The van der Waals surface area contributed by atoms with Crippen LogP contribution in [-0.4, -0.2) is 15.7 Å². The third-order valence-corrected chi connectivity index (χ3v) is 4.84. The van der Waals surface area contributed by atoms with Crippen molar-refractivity contribution in [3.05, 3.63) is 40.6 Å². The van der Waals surface area contributed by atoms with E-state index in [9.17, 15) is 4.79 Å². The Balaban J connectivity index is 1.55. The smallest absolute Gasteiger partial charge is 0.255 e. The summed E-state index contributed by atoms with van der Waals surface area (Å²) in [6, 6.07) is 1.98. The maximum absolute atomic E-state index is 12.6. The molecule has 2 aromatic heterocycles. The van der Waals surface area contributed by atoms with Crippen LogP contribution in [0.2, 0.25) is 0 Å². The summed E-state index contributed by atoms with van der Waals surface area (Å²) in [6.07, 6.45) is 7.32. The van der Waals surface area contributed by atoms with Gasteiger partial charge in [-0.25, -0.2) is 0 Å². The molecular weight excluding hydrogens is 278 g/mol. The normalized spacial score (nSPS) is 20.7. The number of furan rings is 1. The van der Waals surface area contributed by atoms with Crippen LogP contribution in [0.15, 0.2) is 16.7 Å². The molecule has 1 amide bonds. The van der Waals surface area contributed by atoms with E-state index in [2.05, 4.69) is 10.4 Å². The fraction of sp³-hybridized carbons (Fsp3) is 0.529. The maximum Gasteiger partial charge on any atom is 0.255 e. The number of nitrogens with one attached hydrogen (secondary N) is 1. The lowest BCUT2D eigenvalue weighted by Gasteiger charge is -2.23. The van der Waals surface area contributed by atoms with Crippen LogP contribution in [0.5, 0.6) is 0 Å². The van der Waals surface area contributed by atoms with Gasteiger partial charge in [-0.15, -0.1) is 0 Å². The van der Waals surface area contributed by atoms with Crippen LogP contribution in [0, 0.1) is 6.92 Å². The number of aryl methyl sites for hydroxylation is 2. The third kappa shape index (κ3) is 2.25. The lowest BCUT2D eigenvalue weighted by atomic mass is 9.93. The summed E-state index contributed by atoms with van der Waals surface area (Å²) in [5.41, 5.74) is 3.07. The van der Waals surface area contributed by atoms with E-state index in [4.69, 9.17) is 4.42 Å². The van der Waals surface area contributed by atoms with Gasteiger partial charge in [-0.05, 0) is 45.1 Å². The quantitative estimate of drug-likeness (QED) is 0.947. The molecule has 5 nitrogen and oxygen atoms in total. The molecule has 0 bridgehead atoms. The average molecular weight is 299 g/mol. The second-order valence-corrected chi connectivity index (χ2v) is 6.48. The van der Waals surface area contributed by atoms with Crippen LogP contribution in [0.3, 0.4) is 0 Å². The number of amides is 1. The number of fused-ring (bicyclic) bond motifs is 1. The van der Waals surface area contributed by atoms with Crippen molar-refractivity contribution in [3.63, 3.8) is 0 Å². The van der Waals surface area contributed by atoms with Gasteiger partial charge in [-0.3, -0.25) is 9.48 Å². The number of carbonyl (C=O) groups is 1. The number of hydrogen-bond acceptors (Lipinski definition) is 3. The third-order valence-electron chi connectivity index (χ3n) is 4.84. The van der Waals surface area contributed by atoms with Crippen LogP contribution in [0.4, 0.5) is 0 Å². The lowest BCUT2D eigenvalue weighted by Crippen LogP contribution is -2.31. The van der Waals surface area contributed by atoms with Gasteiger partial charge in [-0.1, -0.05) is 0 Å². The molecule has 0 saturated heterocycles. The van der Waals surface area contributed by atoms with E-state index in [1.54, 1.807) is 0 Å². The summed E-state index contributed by atoms with van der Waals surface area (Å²) in [4.78, 5) is 12.6. The van der Waals surface area contributed by atoms with Gasteiger partial charge in [-0.2, -0.15) is 5.10 Å². The molecule has 1 unspecified atom stereocenters. The highest BCUT2D eigenvalue weighted by Crippen LogP contribution is 2.41. The number of aromatic nitrogens is 2. The molecule has 1 fully saturated rings. The molecule has 2 aromatic rings. The Bertz CT molecular complexity index is 724. The van der Waals surface area contributed by atoms with Gasteiger partial charge < -0.3 is 9.73 Å². The molecule has 2 aliphatic rings. The minimum atomic E-state index is -0.0325. The first kappa shape index (κ1) is 13.6. The van der Waals surface area contributed by atoms with E-state index in [-0.39, 0.29) is 11.9 Å². The van der Waals surface area contributed by atoms with Gasteiger partial charge in [0.25, 0.3) is 5.91 Å². The van der Waals surface area contributed by atoms with Crippen molar-refractivity contribution in [3.8, 4) is 0 Å². The van der Waals surface area contributed by atoms with E-state index in [0.29, 0.717) is 11.5 Å². The minimum absolute atomic E-state index is 0.0325. The number of hydrogen-bond donors (Lipinski definition) is 1. The monoisotopic (exact) mass is 299 g/mol. The lowest BCUT2D eigenvalue weighted by molar-refractivity contribution is 0.0931. The second kappa shape index (κ2) is 5.00. The molecule has 2 aliphatic carbocycles. The molecule has 116 valence electrons. The fourth-order valence-electron chi connectivity index (χ4n) is 3.39. The first-order valence-electron chi connectivity index (χ1n) is 8.05. The van der Waals surface area contributed by atoms with E-state index < -0.39 is 0 Å². The zero-order valence-electron chi connectivity index (χ0n) is 13.1. The van der Waals surface area contributed by atoms with Crippen molar-refractivity contribution in [2.24, 2.45) is 7.05 Å². The molecule has 0 spiro atoms. The molecular formula is C17H21N3O2. The van der Waals surface area contributed by atoms with Crippen molar-refractivity contribution in [1.82, 2.24) is 15.1 Å². The zero-order chi connectivity index (χ0) is 15.3. The predicted molar refractivity (Wildman–Crippen MR) is 81.8 cm³/mol. The Labute approximate surface area is 129 Å². The zero-order valence-corrected chi connectivity index (χ0v) is 13.1. The van der Waals surface area contributed by atoms with Crippen LogP contribution >= 0.6 is 0 Å². The van der Waals surface area contributed by atoms with E-state index >= 15 is 0 Å². The van der Waals surface area contributed by atoms with Crippen molar-refractivity contribution >= 4 is 5.91 Å². The van der Waals surface area contributed by atoms with Gasteiger partial charge in [0.2, 0.25) is 0 Å². The first-order chi connectivity index (χ1) is 10.6.